The average molecular weight is 486 g/mol. The molecule has 2 aromatic rings. The number of sulfonamides is 1. The van der Waals surface area contributed by atoms with Crippen LogP contribution in [0.15, 0.2) is 47.4 Å². The van der Waals surface area contributed by atoms with E-state index in [0.717, 1.165) is 12.8 Å². The van der Waals surface area contributed by atoms with Gasteiger partial charge >= 0.3 is 0 Å². The van der Waals surface area contributed by atoms with E-state index in [0.29, 0.717) is 18.7 Å². The first-order valence-electron chi connectivity index (χ1n) is 10.0. The number of hydrogen-bond donors (Lipinski definition) is 1. The highest BCUT2D eigenvalue weighted by Crippen LogP contribution is 2.33. The molecule has 166 valence electrons. The normalized spacial score (nSPS) is 19.2. The lowest BCUT2D eigenvalue weighted by Gasteiger charge is -2.38. The highest BCUT2D eigenvalue weighted by Gasteiger charge is 2.37. The number of amides is 1. The van der Waals surface area contributed by atoms with Gasteiger partial charge in [0, 0.05) is 32.2 Å². The van der Waals surface area contributed by atoms with Crippen LogP contribution in [0.1, 0.15) is 24.4 Å². The largest absolute Gasteiger partial charge is 0.352 e. The Balaban J connectivity index is 1.53. The Labute approximate surface area is 191 Å². The molecule has 2 aromatic carbocycles. The van der Waals surface area contributed by atoms with Crippen molar-refractivity contribution < 1.29 is 17.6 Å². The number of carbonyl (C=O) groups excluding carboxylic acids is 1. The topological polar surface area (TPSA) is 69.7 Å². The molecule has 1 N–H and O–H groups in total. The minimum Gasteiger partial charge on any atom is -0.352 e. The maximum absolute atomic E-state index is 13.4. The summed E-state index contributed by atoms with van der Waals surface area (Å²) in [5.41, 5.74) is 0.671. The summed E-state index contributed by atoms with van der Waals surface area (Å²) in [5, 5.41) is 3.15. The van der Waals surface area contributed by atoms with E-state index in [1.54, 1.807) is 18.2 Å². The highest BCUT2D eigenvalue weighted by molar-refractivity contribution is 7.89. The second-order valence-electron chi connectivity index (χ2n) is 7.73. The van der Waals surface area contributed by atoms with Crippen LogP contribution in [0, 0.1) is 5.82 Å². The third-order valence-electron chi connectivity index (χ3n) is 5.51. The van der Waals surface area contributed by atoms with Gasteiger partial charge < -0.3 is 5.32 Å². The Bertz CT molecular complexity index is 1050. The number of nitrogens with zero attached hydrogens (tertiary/aromatic N) is 2. The van der Waals surface area contributed by atoms with Gasteiger partial charge in [-0.2, -0.15) is 4.31 Å². The minimum atomic E-state index is -3.88. The van der Waals surface area contributed by atoms with Crippen molar-refractivity contribution in [2.45, 2.75) is 29.8 Å². The molecule has 0 aromatic heterocycles. The van der Waals surface area contributed by atoms with E-state index >= 15 is 0 Å². The summed E-state index contributed by atoms with van der Waals surface area (Å²) in [6.45, 7) is 1.03. The molecule has 4 rings (SSSR count). The van der Waals surface area contributed by atoms with Crippen LogP contribution in [0.5, 0.6) is 0 Å². The number of carbonyl (C=O) groups is 1. The number of piperazine rings is 1. The van der Waals surface area contributed by atoms with E-state index < -0.39 is 16.1 Å². The predicted octanol–water partition coefficient (Wildman–Crippen LogP) is 3.46. The first kappa shape index (κ1) is 22.5. The second kappa shape index (κ2) is 9.03. The average Bonchev–Trinajstić information content (AvgIpc) is 3.54. The van der Waals surface area contributed by atoms with Crippen molar-refractivity contribution in [1.82, 2.24) is 14.5 Å². The zero-order chi connectivity index (χ0) is 22.2. The van der Waals surface area contributed by atoms with Crippen LogP contribution in [0.2, 0.25) is 10.0 Å². The molecule has 31 heavy (non-hydrogen) atoms. The van der Waals surface area contributed by atoms with Crippen molar-refractivity contribution in [3.63, 3.8) is 0 Å². The first-order valence-corrected chi connectivity index (χ1v) is 12.2. The maximum Gasteiger partial charge on any atom is 0.246 e. The first-order chi connectivity index (χ1) is 14.8. The van der Waals surface area contributed by atoms with E-state index in [4.69, 9.17) is 23.2 Å². The second-order valence-corrected chi connectivity index (χ2v) is 10.4. The Kier molecular flexibility index (Phi) is 6.55. The maximum atomic E-state index is 13.4. The summed E-state index contributed by atoms with van der Waals surface area (Å²) in [6.07, 6.45) is 1.90. The summed E-state index contributed by atoms with van der Waals surface area (Å²) in [7, 11) is -3.88. The van der Waals surface area contributed by atoms with Crippen molar-refractivity contribution in [1.29, 1.82) is 0 Å². The van der Waals surface area contributed by atoms with E-state index in [-0.39, 0.29) is 45.8 Å². The van der Waals surface area contributed by atoms with Crippen molar-refractivity contribution >= 4 is 39.1 Å². The molecule has 1 aliphatic heterocycles. The molecular formula is C21H22Cl2FN3O3S. The predicted molar refractivity (Wildman–Crippen MR) is 117 cm³/mol. The van der Waals surface area contributed by atoms with E-state index in [1.165, 1.54) is 28.6 Å². The number of rotatable bonds is 6. The molecule has 1 saturated heterocycles. The molecule has 2 fully saturated rings. The van der Waals surface area contributed by atoms with Crippen molar-refractivity contribution in [3.05, 3.63) is 63.9 Å². The van der Waals surface area contributed by atoms with Gasteiger partial charge in [-0.15, -0.1) is 0 Å². The van der Waals surface area contributed by atoms with Crippen LogP contribution in [-0.4, -0.2) is 55.8 Å². The van der Waals surface area contributed by atoms with Gasteiger partial charge in [-0.25, -0.2) is 12.8 Å². The molecule has 0 radical (unpaired) electrons. The van der Waals surface area contributed by atoms with Gasteiger partial charge in [-0.1, -0.05) is 41.4 Å². The quantitative estimate of drug-likeness (QED) is 0.679. The smallest absolute Gasteiger partial charge is 0.246 e. The highest BCUT2D eigenvalue weighted by atomic mass is 35.5. The monoisotopic (exact) mass is 485 g/mol. The number of nitrogens with one attached hydrogen (secondary N) is 1. The summed E-state index contributed by atoms with van der Waals surface area (Å²) in [5.74, 6) is -0.530. The number of benzene rings is 2. The van der Waals surface area contributed by atoms with Crippen molar-refractivity contribution in [2.24, 2.45) is 0 Å². The van der Waals surface area contributed by atoms with E-state index in [1.807, 2.05) is 4.90 Å². The summed E-state index contributed by atoms with van der Waals surface area (Å²) < 4.78 is 41.0. The molecule has 1 heterocycles. The van der Waals surface area contributed by atoms with Gasteiger partial charge in [0.05, 0.1) is 10.0 Å². The Morgan fingerprint density at radius 1 is 1.00 bits per heavy atom. The fourth-order valence-electron chi connectivity index (χ4n) is 3.74. The molecule has 6 nitrogen and oxygen atoms in total. The van der Waals surface area contributed by atoms with Crippen LogP contribution in [-0.2, 0) is 14.8 Å². The van der Waals surface area contributed by atoms with Gasteiger partial charge in [0.25, 0.3) is 0 Å². The van der Waals surface area contributed by atoms with Crippen molar-refractivity contribution in [3.8, 4) is 0 Å². The van der Waals surface area contributed by atoms with Gasteiger partial charge in [0.2, 0.25) is 15.9 Å². The minimum absolute atomic E-state index is 0.0722. The summed E-state index contributed by atoms with van der Waals surface area (Å²) in [6, 6.07) is 9.98. The number of halogens is 3. The number of hydrogen-bond acceptors (Lipinski definition) is 4. The molecule has 0 spiro atoms. The van der Waals surface area contributed by atoms with Crippen LogP contribution < -0.4 is 5.32 Å². The lowest BCUT2D eigenvalue weighted by molar-refractivity contribution is -0.127. The third kappa shape index (κ3) is 4.88. The van der Waals surface area contributed by atoms with Gasteiger partial charge in [-0.05, 0) is 42.7 Å². The molecule has 2 aliphatic rings. The Morgan fingerprint density at radius 2 is 1.58 bits per heavy atom. The lowest BCUT2D eigenvalue weighted by atomic mass is 10.0. The van der Waals surface area contributed by atoms with Crippen LogP contribution in [0.4, 0.5) is 4.39 Å². The Hall–Kier alpha value is -1.71. The molecule has 1 aliphatic carbocycles. The molecule has 1 unspecified atom stereocenters. The zero-order valence-electron chi connectivity index (χ0n) is 16.6. The standard InChI is InChI=1S/C21H22Cl2FN3O3S/c22-17-2-1-3-18(23)20(17)31(29,30)27-12-10-26(11-13-27)19(21(28)25-16-8-9-16)14-4-6-15(24)7-5-14/h1-7,16,19H,8-13H2,(H,25,28). The fourth-order valence-corrected chi connectivity index (χ4v) is 6.25. The fraction of sp³-hybridized carbons (Fsp3) is 0.381. The van der Waals surface area contributed by atoms with Gasteiger partial charge in [0.15, 0.2) is 0 Å². The third-order valence-corrected chi connectivity index (χ3v) is 8.37. The van der Waals surface area contributed by atoms with Crippen LogP contribution in [0.25, 0.3) is 0 Å². The summed E-state index contributed by atoms with van der Waals surface area (Å²) in [4.78, 5) is 14.8. The lowest BCUT2D eigenvalue weighted by Crippen LogP contribution is -2.52. The van der Waals surface area contributed by atoms with E-state index in [9.17, 15) is 17.6 Å². The Morgan fingerprint density at radius 3 is 2.13 bits per heavy atom. The van der Waals surface area contributed by atoms with E-state index in [2.05, 4.69) is 5.32 Å². The zero-order valence-corrected chi connectivity index (χ0v) is 18.9. The summed E-state index contributed by atoms with van der Waals surface area (Å²) >= 11 is 12.2. The van der Waals surface area contributed by atoms with Gasteiger partial charge in [-0.3, -0.25) is 9.69 Å². The molecule has 1 atom stereocenters. The molecule has 10 heteroatoms. The van der Waals surface area contributed by atoms with Crippen LogP contribution in [0.3, 0.4) is 0 Å². The van der Waals surface area contributed by atoms with Gasteiger partial charge in [0.1, 0.15) is 16.8 Å². The SMILES string of the molecule is O=C(NC1CC1)C(c1ccc(F)cc1)N1CCN(S(=O)(=O)c2c(Cl)cccc2Cl)CC1. The molecular weight excluding hydrogens is 464 g/mol. The van der Waals surface area contributed by atoms with Crippen molar-refractivity contribution in [2.75, 3.05) is 26.2 Å². The molecule has 1 saturated carbocycles. The van der Waals surface area contributed by atoms with Crippen LogP contribution >= 0.6 is 23.2 Å². The molecule has 1 amide bonds. The molecule has 0 bridgehead atoms.